The first-order valence-corrected chi connectivity index (χ1v) is 8.70. The van der Waals surface area contributed by atoms with Gasteiger partial charge in [-0.15, -0.1) is 5.10 Å². The first-order chi connectivity index (χ1) is 12.4. The smallest absolute Gasteiger partial charge is 0.113 e. The Hall–Kier alpha value is -2.50. The Kier molecular flexibility index (Phi) is 4.86. The van der Waals surface area contributed by atoms with Gasteiger partial charge in [0, 0.05) is 25.2 Å². The van der Waals surface area contributed by atoms with E-state index in [0.29, 0.717) is 0 Å². The molecule has 2 heterocycles. The molecule has 0 unspecified atom stereocenters. The van der Waals surface area contributed by atoms with E-state index in [0.717, 1.165) is 50.7 Å². The second-order valence-electron chi connectivity index (χ2n) is 6.37. The normalized spacial score (nSPS) is 15.4. The molecule has 0 amide bonds. The monoisotopic (exact) mass is 334 g/mol. The minimum absolute atomic E-state index is 0.739. The number of nitrogens with zero attached hydrogens (tertiary/aromatic N) is 4. The lowest BCUT2D eigenvalue weighted by Crippen LogP contribution is -2.35. The summed E-state index contributed by atoms with van der Waals surface area (Å²) in [7, 11) is 0. The average Bonchev–Trinajstić information content (AvgIpc) is 3.12. The molecule has 5 nitrogen and oxygen atoms in total. The van der Waals surface area contributed by atoms with Crippen molar-refractivity contribution in [2.75, 3.05) is 26.3 Å². The van der Waals surface area contributed by atoms with Crippen LogP contribution < -0.4 is 0 Å². The van der Waals surface area contributed by atoms with Crippen LogP contribution in [-0.2, 0) is 17.8 Å². The molecule has 0 bridgehead atoms. The van der Waals surface area contributed by atoms with Gasteiger partial charge >= 0.3 is 0 Å². The minimum atomic E-state index is 0.739. The molecular weight excluding hydrogens is 312 g/mol. The Morgan fingerprint density at radius 2 is 1.56 bits per heavy atom. The topological polar surface area (TPSA) is 43.2 Å². The molecule has 0 spiro atoms. The molecule has 25 heavy (non-hydrogen) atoms. The highest BCUT2D eigenvalue weighted by molar-refractivity contribution is 5.58. The quantitative estimate of drug-likeness (QED) is 0.720. The van der Waals surface area contributed by atoms with Crippen molar-refractivity contribution in [3.05, 3.63) is 71.9 Å². The fourth-order valence-electron chi connectivity index (χ4n) is 3.08. The summed E-state index contributed by atoms with van der Waals surface area (Å²) in [5.74, 6) is 0. The van der Waals surface area contributed by atoms with E-state index in [1.165, 1.54) is 11.1 Å². The molecule has 128 valence electrons. The van der Waals surface area contributed by atoms with E-state index in [2.05, 4.69) is 51.6 Å². The van der Waals surface area contributed by atoms with E-state index < -0.39 is 0 Å². The molecule has 3 aromatic rings. The summed E-state index contributed by atoms with van der Waals surface area (Å²) in [5, 5.41) is 8.56. The van der Waals surface area contributed by atoms with Crippen LogP contribution in [0.25, 0.3) is 11.3 Å². The molecular formula is C20H22N4O. The molecule has 1 aliphatic rings. The first-order valence-electron chi connectivity index (χ1n) is 8.70. The van der Waals surface area contributed by atoms with Gasteiger partial charge in [0.15, 0.2) is 0 Å². The Balaban J connectivity index is 1.41. The van der Waals surface area contributed by atoms with Crippen LogP contribution in [-0.4, -0.2) is 46.2 Å². The lowest BCUT2D eigenvalue weighted by Gasteiger charge is -2.26. The van der Waals surface area contributed by atoms with Gasteiger partial charge < -0.3 is 4.74 Å². The summed E-state index contributed by atoms with van der Waals surface area (Å²) in [4.78, 5) is 2.43. The number of hydrogen-bond donors (Lipinski definition) is 0. The standard InChI is InChI=1S/C20H22N4O/c1-2-4-17(5-3-1)15-24-16-20(21-22-24)19-8-6-18(7-9-19)14-23-10-12-25-13-11-23/h1-9,16H,10-15H2. The Morgan fingerprint density at radius 1 is 0.840 bits per heavy atom. The van der Waals surface area contributed by atoms with Gasteiger partial charge in [-0.25, -0.2) is 4.68 Å². The minimum Gasteiger partial charge on any atom is -0.379 e. The summed E-state index contributed by atoms with van der Waals surface area (Å²) < 4.78 is 7.28. The van der Waals surface area contributed by atoms with Crippen LogP contribution in [0, 0.1) is 0 Å². The van der Waals surface area contributed by atoms with Crippen molar-refractivity contribution in [1.82, 2.24) is 19.9 Å². The maximum atomic E-state index is 5.40. The largest absolute Gasteiger partial charge is 0.379 e. The van der Waals surface area contributed by atoms with E-state index in [9.17, 15) is 0 Å². The van der Waals surface area contributed by atoms with Crippen LogP contribution in [0.2, 0.25) is 0 Å². The lowest BCUT2D eigenvalue weighted by molar-refractivity contribution is 0.0342. The van der Waals surface area contributed by atoms with Gasteiger partial charge in [0.1, 0.15) is 5.69 Å². The Labute approximate surface area is 147 Å². The van der Waals surface area contributed by atoms with Crippen molar-refractivity contribution < 1.29 is 4.74 Å². The lowest BCUT2D eigenvalue weighted by atomic mass is 10.1. The molecule has 2 aromatic carbocycles. The van der Waals surface area contributed by atoms with Crippen molar-refractivity contribution in [3.63, 3.8) is 0 Å². The molecule has 4 rings (SSSR count). The average molecular weight is 334 g/mol. The molecule has 1 aromatic heterocycles. The van der Waals surface area contributed by atoms with Crippen molar-refractivity contribution in [2.24, 2.45) is 0 Å². The molecule has 0 atom stereocenters. The molecule has 5 heteroatoms. The fourth-order valence-corrected chi connectivity index (χ4v) is 3.08. The first kappa shape index (κ1) is 16.0. The van der Waals surface area contributed by atoms with Gasteiger partial charge in [-0.2, -0.15) is 0 Å². The van der Waals surface area contributed by atoms with Gasteiger partial charge in [-0.1, -0.05) is 59.8 Å². The predicted octanol–water partition coefficient (Wildman–Crippen LogP) is 2.83. The highest BCUT2D eigenvalue weighted by Crippen LogP contribution is 2.18. The molecule has 1 fully saturated rings. The molecule has 0 radical (unpaired) electrons. The van der Waals surface area contributed by atoms with Crippen LogP contribution >= 0.6 is 0 Å². The summed E-state index contributed by atoms with van der Waals surface area (Å²) >= 11 is 0. The fraction of sp³-hybridized carbons (Fsp3) is 0.300. The Morgan fingerprint density at radius 3 is 2.32 bits per heavy atom. The van der Waals surface area contributed by atoms with Crippen LogP contribution in [0.5, 0.6) is 0 Å². The van der Waals surface area contributed by atoms with Gasteiger partial charge in [0.2, 0.25) is 0 Å². The van der Waals surface area contributed by atoms with E-state index in [-0.39, 0.29) is 0 Å². The number of morpholine rings is 1. The van der Waals surface area contributed by atoms with Gasteiger partial charge in [0.25, 0.3) is 0 Å². The second kappa shape index (κ2) is 7.59. The highest BCUT2D eigenvalue weighted by Gasteiger charge is 2.11. The molecule has 0 saturated carbocycles. The van der Waals surface area contributed by atoms with E-state index in [4.69, 9.17) is 4.74 Å². The Bertz CT molecular complexity index is 792. The summed E-state index contributed by atoms with van der Waals surface area (Å²) in [6, 6.07) is 18.9. The zero-order chi connectivity index (χ0) is 16.9. The van der Waals surface area contributed by atoms with Gasteiger partial charge in [0.05, 0.1) is 26.0 Å². The maximum absolute atomic E-state index is 5.40. The van der Waals surface area contributed by atoms with E-state index >= 15 is 0 Å². The van der Waals surface area contributed by atoms with Crippen molar-refractivity contribution in [3.8, 4) is 11.3 Å². The van der Waals surface area contributed by atoms with Gasteiger partial charge in [-0.3, -0.25) is 4.90 Å². The number of rotatable bonds is 5. The molecule has 0 aliphatic carbocycles. The van der Waals surface area contributed by atoms with Gasteiger partial charge in [-0.05, 0) is 11.1 Å². The zero-order valence-electron chi connectivity index (χ0n) is 14.2. The van der Waals surface area contributed by atoms with Crippen LogP contribution in [0.1, 0.15) is 11.1 Å². The van der Waals surface area contributed by atoms with Crippen LogP contribution in [0.15, 0.2) is 60.8 Å². The van der Waals surface area contributed by atoms with Crippen molar-refractivity contribution >= 4 is 0 Å². The maximum Gasteiger partial charge on any atom is 0.113 e. The van der Waals surface area contributed by atoms with Crippen LogP contribution in [0.3, 0.4) is 0 Å². The van der Waals surface area contributed by atoms with Crippen molar-refractivity contribution in [1.29, 1.82) is 0 Å². The predicted molar refractivity (Wildman–Crippen MR) is 97.1 cm³/mol. The number of benzene rings is 2. The molecule has 1 saturated heterocycles. The van der Waals surface area contributed by atoms with Crippen molar-refractivity contribution in [2.45, 2.75) is 13.1 Å². The zero-order valence-corrected chi connectivity index (χ0v) is 14.2. The highest BCUT2D eigenvalue weighted by atomic mass is 16.5. The number of ether oxygens (including phenoxy) is 1. The summed E-state index contributed by atoms with van der Waals surface area (Å²) in [6.07, 6.45) is 2.00. The van der Waals surface area contributed by atoms with E-state index in [1.807, 2.05) is 29.1 Å². The second-order valence-corrected chi connectivity index (χ2v) is 6.37. The van der Waals surface area contributed by atoms with Crippen LogP contribution in [0.4, 0.5) is 0 Å². The number of aromatic nitrogens is 3. The third kappa shape index (κ3) is 4.13. The molecule has 0 N–H and O–H groups in total. The summed E-state index contributed by atoms with van der Waals surface area (Å²) in [5.41, 5.74) is 4.56. The summed E-state index contributed by atoms with van der Waals surface area (Å²) in [6.45, 7) is 5.41. The number of hydrogen-bond acceptors (Lipinski definition) is 4. The molecule has 1 aliphatic heterocycles. The third-order valence-corrected chi connectivity index (χ3v) is 4.49. The van der Waals surface area contributed by atoms with E-state index in [1.54, 1.807) is 0 Å². The third-order valence-electron chi connectivity index (χ3n) is 4.49. The SMILES string of the molecule is c1ccc(Cn2cc(-c3ccc(CN4CCOCC4)cc3)nn2)cc1.